The van der Waals surface area contributed by atoms with Gasteiger partial charge in [0, 0.05) is 23.0 Å². The predicted octanol–water partition coefficient (Wildman–Crippen LogP) is 5.72. The molecule has 0 fully saturated rings. The van der Waals surface area contributed by atoms with Gasteiger partial charge in [-0.3, -0.25) is 0 Å². The van der Waals surface area contributed by atoms with Gasteiger partial charge in [0.2, 0.25) is 0 Å². The van der Waals surface area contributed by atoms with Gasteiger partial charge in [-0.15, -0.1) is 11.3 Å². The molecule has 7 heteroatoms. The molecule has 4 nitrogen and oxygen atoms in total. The zero-order valence-corrected chi connectivity index (χ0v) is 19.2. The summed E-state index contributed by atoms with van der Waals surface area (Å²) in [6.07, 6.45) is 4.14. The van der Waals surface area contributed by atoms with E-state index >= 15 is 0 Å². The molecule has 1 aliphatic rings. The zero-order valence-electron chi connectivity index (χ0n) is 16.7. The standard InChI is InChI=1S/C23H25NO3S3/c1-2-4-22-19(3-1)24-23(30-22)8-6-18-5-7-20-21(17-18)27-12-16-29-14-10-25-9-13-28-15-11-26-20/h1-8,17H,9-16H2/b8-6+. The van der Waals surface area contributed by atoms with Gasteiger partial charge in [0.05, 0.1) is 36.6 Å². The van der Waals surface area contributed by atoms with Gasteiger partial charge in [0.15, 0.2) is 11.5 Å². The minimum atomic E-state index is 0.654. The van der Waals surface area contributed by atoms with E-state index in [0.717, 1.165) is 63.8 Å². The molecule has 158 valence electrons. The number of nitrogens with zero attached hydrogens (tertiary/aromatic N) is 1. The molecule has 0 N–H and O–H groups in total. The van der Waals surface area contributed by atoms with Crippen LogP contribution in [0, 0.1) is 0 Å². The number of benzene rings is 2. The summed E-state index contributed by atoms with van der Waals surface area (Å²) in [6, 6.07) is 14.3. The normalized spacial score (nSPS) is 16.9. The second kappa shape index (κ2) is 11.6. The maximum atomic E-state index is 6.06. The smallest absolute Gasteiger partial charge is 0.161 e. The van der Waals surface area contributed by atoms with Gasteiger partial charge in [0.1, 0.15) is 5.01 Å². The molecule has 30 heavy (non-hydrogen) atoms. The summed E-state index contributed by atoms with van der Waals surface area (Å²) < 4.78 is 18.9. The molecule has 0 spiro atoms. The third-order valence-corrected chi connectivity index (χ3v) is 7.23. The molecule has 0 radical (unpaired) electrons. The number of aromatic nitrogens is 1. The van der Waals surface area contributed by atoms with E-state index in [4.69, 9.17) is 14.2 Å². The van der Waals surface area contributed by atoms with Crippen molar-refractivity contribution in [3.63, 3.8) is 0 Å². The minimum Gasteiger partial charge on any atom is -0.489 e. The molecule has 0 saturated heterocycles. The molecule has 0 saturated carbocycles. The lowest BCUT2D eigenvalue weighted by atomic mass is 10.2. The van der Waals surface area contributed by atoms with Crippen LogP contribution in [-0.4, -0.2) is 54.4 Å². The third kappa shape index (κ3) is 6.41. The van der Waals surface area contributed by atoms with Crippen molar-refractivity contribution in [1.82, 2.24) is 4.98 Å². The lowest BCUT2D eigenvalue weighted by Crippen LogP contribution is -2.05. The molecular formula is C23H25NO3S3. The number of rotatable bonds is 2. The van der Waals surface area contributed by atoms with Crippen LogP contribution in [-0.2, 0) is 4.74 Å². The molecule has 1 aromatic heterocycles. The Morgan fingerprint density at radius 3 is 2.30 bits per heavy atom. The van der Waals surface area contributed by atoms with Crippen molar-refractivity contribution in [2.75, 3.05) is 49.4 Å². The number of para-hydroxylation sites is 1. The van der Waals surface area contributed by atoms with Crippen molar-refractivity contribution in [3.05, 3.63) is 53.0 Å². The van der Waals surface area contributed by atoms with Crippen LogP contribution in [0.15, 0.2) is 42.5 Å². The highest BCUT2D eigenvalue weighted by atomic mass is 32.2. The highest BCUT2D eigenvalue weighted by Gasteiger charge is 2.08. The first-order valence-corrected chi connectivity index (χ1v) is 13.2. The van der Waals surface area contributed by atoms with Gasteiger partial charge in [-0.2, -0.15) is 23.5 Å². The van der Waals surface area contributed by atoms with E-state index in [1.165, 1.54) is 4.70 Å². The molecule has 2 aromatic carbocycles. The number of hydrogen-bond donors (Lipinski definition) is 0. The maximum absolute atomic E-state index is 6.06. The lowest BCUT2D eigenvalue weighted by molar-refractivity contribution is 0.167. The van der Waals surface area contributed by atoms with Crippen molar-refractivity contribution in [2.45, 2.75) is 0 Å². The molecule has 0 amide bonds. The van der Waals surface area contributed by atoms with Crippen LogP contribution in [0.1, 0.15) is 10.6 Å². The van der Waals surface area contributed by atoms with Gasteiger partial charge in [0.25, 0.3) is 0 Å². The Kier molecular flexibility index (Phi) is 8.37. The first-order valence-electron chi connectivity index (χ1n) is 10.0. The summed E-state index contributed by atoms with van der Waals surface area (Å²) in [5.41, 5.74) is 2.12. The van der Waals surface area contributed by atoms with Crippen LogP contribution >= 0.6 is 34.9 Å². The van der Waals surface area contributed by atoms with Crippen molar-refractivity contribution < 1.29 is 14.2 Å². The molecule has 0 aliphatic carbocycles. The van der Waals surface area contributed by atoms with Crippen LogP contribution in [0.25, 0.3) is 22.4 Å². The first-order chi connectivity index (χ1) is 14.9. The minimum absolute atomic E-state index is 0.654. The number of hydrogen-bond acceptors (Lipinski definition) is 7. The fourth-order valence-corrected chi connectivity index (χ4v) is 5.10. The highest BCUT2D eigenvalue weighted by molar-refractivity contribution is 7.99. The largest absolute Gasteiger partial charge is 0.489 e. The van der Waals surface area contributed by atoms with E-state index in [1.54, 1.807) is 11.3 Å². The second-order valence-corrected chi connectivity index (χ2v) is 10.1. The average molecular weight is 460 g/mol. The quantitative estimate of drug-likeness (QED) is 0.488. The summed E-state index contributed by atoms with van der Waals surface area (Å²) in [4.78, 5) is 4.67. The fourth-order valence-electron chi connectivity index (χ4n) is 2.95. The Bertz CT molecular complexity index is 940. The molecule has 0 unspecified atom stereocenters. The topological polar surface area (TPSA) is 40.6 Å². The van der Waals surface area contributed by atoms with E-state index in [9.17, 15) is 0 Å². The van der Waals surface area contributed by atoms with Crippen LogP contribution in [0.4, 0.5) is 0 Å². The Labute approximate surface area is 190 Å². The van der Waals surface area contributed by atoms with Crippen molar-refractivity contribution in [2.24, 2.45) is 0 Å². The zero-order chi connectivity index (χ0) is 20.4. The molecule has 0 atom stereocenters. The number of thiazole rings is 1. The summed E-state index contributed by atoms with van der Waals surface area (Å²) >= 11 is 5.41. The summed E-state index contributed by atoms with van der Waals surface area (Å²) in [7, 11) is 0. The molecule has 1 aliphatic heterocycles. The molecule has 2 heterocycles. The van der Waals surface area contributed by atoms with Crippen LogP contribution in [0.5, 0.6) is 11.5 Å². The molecule has 0 bridgehead atoms. The van der Waals surface area contributed by atoms with Gasteiger partial charge in [-0.25, -0.2) is 4.98 Å². The second-order valence-electron chi connectivity index (χ2n) is 6.59. The molecule has 4 rings (SSSR count). The molecule has 3 aromatic rings. The van der Waals surface area contributed by atoms with Crippen LogP contribution in [0.3, 0.4) is 0 Å². The van der Waals surface area contributed by atoms with Crippen LogP contribution < -0.4 is 9.47 Å². The predicted molar refractivity (Wildman–Crippen MR) is 131 cm³/mol. The van der Waals surface area contributed by atoms with E-state index in [2.05, 4.69) is 35.3 Å². The van der Waals surface area contributed by atoms with Gasteiger partial charge >= 0.3 is 0 Å². The van der Waals surface area contributed by atoms with Crippen molar-refractivity contribution in [1.29, 1.82) is 0 Å². The van der Waals surface area contributed by atoms with Gasteiger partial charge < -0.3 is 14.2 Å². The maximum Gasteiger partial charge on any atom is 0.161 e. The fraction of sp³-hybridized carbons (Fsp3) is 0.348. The number of thioether (sulfide) groups is 2. The summed E-state index contributed by atoms with van der Waals surface area (Å²) in [6.45, 7) is 2.93. The Morgan fingerprint density at radius 2 is 1.50 bits per heavy atom. The van der Waals surface area contributed by atoms with Gasteiger partial charge in [-0.1, -0.05) is 24.3 Å². The third-order valence-electron chi connectivity index (χ3n) is 4.41. The van der Waals surface area contributed by atoms with Gasteiger partial charge in [-0.05, 0) is 35.9 Å². The van der Waals surface area contributed by atoms with Crippen LogP contribution in [0.2, 0.25) is 0 Å². The number of fused-ring (bicyclic) bond motifs is 2. The van der Waals surface area contributed by atoms with E-state index in [0.29, 0.717) is 13.2 Å². The Morgan fingerprint density at radius 1 is 0.767 bits per heavy atom. The summed E-state index contributed by atoms with van der Waals surface area (Å²) in [5, 5.41) is 1.00. The highest BCUT2D eigenvalue weighted by Crippen LogP contribution is 2.30. The van der Waals surface area contributed by atoms with E-state index < -0.39 is 0 Å². The van der Waals surface area contributed by atoms with E-state index in [-0.39, 0.29) is 0 Å². The Balaban J connectivity index is 1.46. The summed E-state index contributed by atoms with van der Waals surface area (Å²) in [5.74, 6) is 5.50. The number of ether oxygens (including phenoxy) is 3. The first kappa shape index (κ1) is 21.6. The molecular weight excluding hydrogens is 434 g/mol. The SMILES string of the molecule is C(=C\c1nc2ccccc2s1)/c1ccc2c(c1)OCCSCCOCCSCCO2. The average Bonchev–Trinajstić information content (AvgIpc) is 3.18. The van der Waals surface area contributed by atoms with Crippen molar-refractivity contribution in [3.8, 4) is 11.5 Å². The monoisotopic (exact) mass is 459 g/mol. The van der Waals surface area contributed by atoms with Crippen molar-refractivity contribution >= 4 is 57.2 Å². The lowest BCUT2D eigenvalue weighted by Gasteiger charge is -2.13. The Hall–Kier alpha value is -1.67. The van der Waals surface area contributed by atoms with E-state index in [1.807, 2.05) is 47.8 Å².